The van der Waals surface area contributed by atoms with Gasteiger partial charge in [0.05, 0.1) is 33.0 Å². The van der Waals surface area contributed by atoms with E-state index in [4.69, 9.17) is 38.8 Å². The van der Waals surface area contributed by atoms with Crippen LogP contribution in [0.5, 0.6) is 0 Å². The Hall–Kier alpha value is -0.483. The first-order chi connectivity index (χ1) is 12.7. The Balaban J connectivity index is -0.000000152. The molecular formula is C13H27Mo2NO11. The van der Waals surface area contributed by atoms with Gasteiger partial charge in [-0.05, 0) is 6.92 Å². The van der Waals surface area contributed by atoms with Crippen LogP contribution in [0, 0.1) is 0 Å². The molecule has 0 saturated heterocycles. The number of aliphatic hydroxyl groups excluding tert-OH is 4. The summed E-state index contributed by atoms with van der Waals surface area (Å²) in [5.74, 6) is -0.0633. The van der Waals surface area contributed by atoms with Gasteiger partial charge in [0.15, 0.2) is 0 Å². The van der Waals surface area contributed by atoms with E-state index < -0.39 is 43.1 Å². The predicted octanol–water partition coefficient (Wildman–Crippen LogP) is -2.33. The molecule has 1 amide bonds. The molecular weight excluding hydrogens is 538 g/mol. The molecule has 0 heterocycles. The van der Waals surface area contributed by atoms with E-state index in [-0.39, 0.29) is 38.1 Å². The number of Topliss-reactive ketones (excluding diaryl/α,β-unsaturated/α-hetero) is 1. The Bertz CT molecular complexity index is 406. The zero-order chi connectivity index (χ0) is 22.1. The van der Waals surface area contributed by atoms with Crippen molar-refractivity contribution in [1.82, 2.24) is 4.90 Å². The van der Waals surface area contributed by atoms with Crippen molar-refractivity contribution in [3.05, 3.63) is 0 Å². The summed E-state index contributed by atoms with van der Waals surface area (Å²) in [5.41, 5.74) is 0. The first-order valence-electron chi connectivity index (χ1n) is 7.39. The Morgan fingerprint density at radius 2 is 1.37 bits per heavy atom. The van der Waals surface area contributed by atoms with Gasteiger partial charge in [0, 0.05) is 26.4 Å². The van der Waals surface area contributed by atoms with E-state index in [2.05, 4.69) is 0 Å². The van der Waals surface area contributed by atoms with Crippen LogP contribution in [0.15, 0.2) is 0 Å². The number of rotatable bonds is 10. The molecule has 0 bridgehead atoms. The third-order valence-electron chi connectivity index (χ3n) is 2.30. The molecule has 0 saturated carbocycles. The number of amides is 1. The van der Waals surface area contributed by atoms with Crippen LogP contribution in [0.25, 0.3) is 0 Å². The van der Waals surface area contributed by atoms with Gasteiger partial charge in [-0.15, -0.1) is 0 Å². The second-order valence-electron chi connectivity index (χ2n) is 4.45. The normalized spacial score (nSPS) is 9.70. The number of nitrogens with zero attached hydrogens (tertiary/aromatic N) is 1. The second-order valence-corrected chi connectivity index (χ2v) is 5.12. The molecule has 0 aliphatic rings. The van der Waals surface area contributed by atoms with E-state index in [1.54, 1.807) is 0 Å². The summed E-state index contributed by atoms with van der Waals surface area (Å²) in [6.45, 7) is 3.47. The molecule has 162 valence electrons. The van der Waals surface area contributed by atoms with Crippen molar-refractivity contribution in [2.75, 3.05) is 46.1 Å². The number of hydrogen-bond donors (Lipinski definition) is 4. The molecule has 0 fully saturated rings. The minimum atomic E-state index is -2.03. The van der Waals surface area contributed by atoms with Gasteiger partial charge in [-0.25, -0.2) is 0 Å². The van der Waals surface area contributed by atoms with Gasteiger partial charge in [-0.1, -0.05) is 0 Å². The summed E-state index contributed by atoms with van der Waals surface area (Å²) < 4.78 is 38.9. The van der Waals surface area contributed by atoms with Crippen molar-refractivity contribution in [2.45, 2.75) is 26.4 Å². The number of ether oxygens (including phenoxy) is 1. The molecule has 0 spiro atoms. The molecule has 0 rings (SSSR count). The van der Waals surface area contributed by atoms with E-state index in [1.165, 1.54) is 18.7 Å². The van der Waals surface area contributed by atoms with Crippen LogP contribution < -0.4 is 0 Å². The zero-order valence-corrected chi connectivity index (χ0v) is 19.2. The molecule has 27 heavy (non-hydrogen) atoms. The van der Waals surface area contributed by atoms with E-state index >= 15 is 0 Å². The summed E-state index contributed by atoms with van der Waals surface area (Å²) >= 11 is -4.06. The van der Waals surface area contributed by atoms with Crippen LogP contribution in [-0.2, 0) is 64.9 Å². The predicted molar refractivity (Wildman–Crippen MR) is 78.4 cm³/mol. The van der Waals surface area contributed by atoms with Crippen LogP contribution >= 0.6 is 0 Å². The fourth-order valence-corrected chi connectivity index (χ4v) is 1.16. The quantitative estimate of drug-likeness (QED) is 0.164. The third kappa shape index (κ3) is 41.2. The van der Waals surface area contributed by atoms with Gasteiger partial charge in [-0.3, -0.25) is 9.59 Å². The van der Waals surface area contributed by atoms with Crippen molar-refractivity contribution >= 4 is 11.7 Å². The molecule has 14 heteroatoms. The first kappa shape index (κ1) is 34.1. The van der Waals surface area contributed by atoms with Crippen LogP contribution in [0.2, 0.25) is 0 Å². The molecule has 4 N–H and O–H groups in total. The molecule has 12 nitrogen and oxygen atoms in total. The zero-order valence-electron chi connectivity index (χ0n) is 15.1. The average Bonchev–Trinajstić information content (AvgIpc) is 2.60. The van der Waals surface area contributed by atoms with Crippen LogP contribution in [0.1, 0.15) is 20.3 Å². The second kappa shape index (κ2) is 30.3. The number of aliphatic hydroxyl groups is 4. The first-order valence-corrected chi connectivity index (χ1v) is 10.7. The maximum atomic E-state index is 10.6. The van der Waals surface area contributed by atoms with Gasteiger partial charge in [0.1, 0.15) is 11.9 Å². The molecule has 0 aliphatic carbocycles. The van der Waals surface area contributed by atoms with Crippen LogP contribution in [-0.4, -0.2) is 89.2 Å². The van der Waals surface area contributed by atoms with E-state index in [1.807, 2.05) is 0 Å². The van der Waals surface area contributed by atoms with Crippen molar-refractivity contribution in [2.24, 2.45) is 0 Å². The average molecular weight is 565 g/mol. The van der Waals surface area contributed by atoms with E-state index in [9.17, 15) is 9.59 Å². The fraction of sp³-hybridized carbons (Fsp3) is 0.846. The van der Waals surface area contributed by atoms with Crippen molar-refractivity contribution < 1.29 is 85.3 Å². The molecule has 1 atom stereocenters. The fourth-order valence-electron chi connectivity index (χ4n) is 1.16. The number of carbonyl (C=O) groups is 2. The van der Waals surface area contributed by atoms with Crippen LogP contribution in [0.3, 0.4) is 0 Å². The summed E-state index contributed by atoms with van der Waals surface area (Å²) in [6.07, 6.45) is -0.472. The SMILES string of the molecule is CC(=O)CCOCC(O)CO.CC(=O)N(CCO)CCO.[O]=[Mo]=[O].[O]=[Mo]=[O]. The maximum absolute atomic E-state index is 10.6. The topological polar surface area (TPSA) is 196 Å². The Morgan fingerprint density at radius 3 is 1.63 bits per heavy atom. The Kier molecular flexibility index (Phi) is 38.2. The van der Waals surface area contributed by atoms with Crippen LogP contribution in [0.4, 0.5) is 0 Å². The molecule has 0 aromatic heterocycles. The monoisotopic (exact) mass is 569 g/mol. The number of carbonyl (C=O) groups excluding carboxylic acids is 2. The van der Waals surface area contributed by atoms with Crippen molar-refractivity contribution in [3.63, 3.8) is 0 Å². The summed E-state index contributed by atoms with van der Waals surface area (Å²) in [6, 6.07) is 0. The molecule has 0 radical (unpaired) electrons. The standard InChI is InChI=1S/C7H14O4.C6H13NO3.2Mo.4O/c1-6(9)2-3-11-5-7(10)4-8;1-6(10)7(2-4-8)3-5-9;;;;;;/h7-8,10H,2-5H2,1H3;8-9H,2-5H2,1H3;;;;;;. The molecule has 0 aromatic carbocycles. The molecule has 1 unspecified atom stereocenters. The van der Waals surface area contributed by atoms with E-state index in [0.29, 0.717) is 26.1 Å². The van der Waals surface area contributed by atoms with Gasteiger partial charge >= 0.3 is 50.6 Å². The summed E-state index contributed by atoms with van der Waals surface area (Å²) in [5, 5.41) is 34.0. The van der Waals surface area contributed by atoms with Gasteiger partial charge in [0.25, 0.3) is 0 Å². The third-order valence-corrected chi connectivity index (χ3v) is 2.30. The van der Waals surface area contributed by atoms with Crippen molar-refractivity contribution in [3.8, 4) is 0 Å². The minimum absolute atomic E-state index is 0.0560. The van der Waals surface area contributed by atoms with Gasteiger partial charge in [0.2, 0.25) is 5.91 Å². The summed E-state index contributed by atoms with van der Waals surface area (Å²) in [4.78, 5) is 22.4. The number of ketones is 1. The Morgan fingerprint density at radius 1 is 0.963 bits per heavy atom. The summed E-state index contributed by atoms with van der Waals surface area (Å²) in [7, 11) is 0. The molecule has 0 aliphatic heterocycles. The van der Waals surface area contributed by atoms with Gasteiger partial charge < -0.3 is 30.1 Å². The van der Waals surface area contributed by atoms with Crippen molar-refractivity contribution in [1.29, 1.82) is 0 Å². The van der Waals surface area contributed by atoms with E-state index in [0.717, 1.165) is 0 Å². The Labute approximate surface area is 174 Å². The number of hydrogen-bond acceptors (Lipinski definition) is 11. The van der Waals surface area contributed by atoms with Gasteiger partial charge in [-0.2, -0.15) is 0 Å². The molecule has 0 aromatic rings.